The lowest BCUT2D eigenvalue weighted by Gasteiger charge is -2.48. The van der Waals surface area contributed by atoms with Crippen LogP contribution >= 0.6 is 0 Å². The quantitative estimate of drug-likeness (QED) is 0.271. The molecule has 1 saturated carbocycles. The third kappa shape index (κ3) is 5.24. The van der Waals surface area contributed by atoms with E-state index in [1.54, 1.807) is 0 Å². The molecule has 0 amide bonds. The molecule has 5 nitrogen and oxygen atoms in total. The van der Waals surface area contributed by atoms with E-state index in [9.17, 15) is 9.59 Å². The number of hydrogen-bond donors (Lipinski definition) is 0. The Kier molecular flexibility index (Phi) is 8.38. The molecule has 0 spiro atoms. The summed E-state index contributed by atoms with van der Waals surface area (Å²) in [7, 11) is -2.32. The summed E-state index contributed by atoms with van der Waals surface area (Å²) in [5, 5.41) is 2.42. The van der Waals surface area contributed by atoms with Gasteiger partial charge in [0.1, 0.15) is 0 Å². The van der Waals surface area contributed by atoms with E-state index in [4.69, 9.17) is 13.6 Å². The van der Waals surface area contributed by atoms with Gasteiger partial charge in [-0.3, -0.25) is 9.59 Å². The highest BCUT2D eigenvalue weighted by Gasteiger charge is 2.58. The molecule has 0 heterocycles. The second-order valence-corrected chi connectivity index (χ2v) is 20.7. The molecule has 0 saturated heterocycles. The topological polar surface area (TPSA) is 61.8 Å². The van der Waals surface area contributed by atoms with Gasteiger partial charge in [-0.2, -0.15) is 0 Å². The van der Waals surface area contributed by atoms with Gasteiger partial charge in [-0.05, 0) is 59.2 Å². The summed E-state index contributed by atoms with van der Waals surface area (Å²) < 4.78 is 17.7. The Morgan fingerprint density at radius 3 is 1.69 bits per heavy atom. The van der Waals surface area contributed by atoms with Gasteiger partial charge in [-0.1, -0.05) is 88.4 Å². The lowest BCUT2D eigenvalue weighted by molar-refractivity contribution is -0.169. The molecule has 1 aliphatic rings. The molecular weight excluding hydrogens is 484 g/mol. The van der Waals surface area contributed by atoms with Crippen molar-refractivity contribution in [1.29, 1.82) is 0 Å². The number of carbonyl (C=O) groups is 2. The summed E-state index contributed by atoms with van der Waals surface area (Å²) in [6, 6.07) is 22.2. The van der Waals surface area contributed by atoms with E-state index in [0.717, 1.165) is 6.04 Å². The van der Waals surface area contributed by atoms with Crippen molar-refractivity contribution in [3.05, 3.63) is 60.7 Å². The Morgan fingerprint density at radius 1 is 0.861 bits per heavy atom. The van der Waals surface area contributed by atoms with Crippen molar-refractivity contribution in [2.45, 2.75) is 64.7 Å². The summed E-state index contributed by atoms with van der Waals surface area (Å²) in [4.78, 5) is 25.6. The zero-order valence-electron chi connectivity index (χ0n) is 23.1. The molecule has 0 N–H and O–H groups in total. The molecule has 7 heteroatoms. The van der Waals surface area contributed by atoms with Gasteiger partial charge in [-0.25, -0.2) is 0 Å². The largest absolute Gasteiger partial charge is 0.468 e. The van der Waals surface area contributed by atoms with Crippen molar-refractivity contribution in [2.24, 2.45) is 17.3 Å². The Labute approximate surface area is 218 Å². The number of methoxy groups -OCH3 is 2. The molecule has 0 aromatic heterocycles. The standard InChI is InChI=1S/C29H42O5Si2/c1-22-19-29(26(30)32-5,27(31)33-6)20-23(22)21-35(7,8)34-36(28(2,3)4,24-15-11-9-12-16-24)25-17-13-10-14-18-25/h9-18,22-23H,19-21H2,1-8H3/t22-,23+/m0/s1. The van der Waals surface area contributed by atoms with Crippen LogP contribution in [0.1, 0.15) is 40.5 Å². The van der Waals surface area contributed by atoms with Crippen LogP contribution in [-0.2, 0) is 23.2 Å². The van der Waals surface area contributed by atoms with Crippen LogP contribution in [0.5, 0.6) is 0 Å². The fraction of sp³-hybridized carbons (Fsp3) is 0.517. The first-order valence-corrected chi connectivity index (χ1v) is 17.8. The monoisotopic (exact) mass is 526 g/mol. The summed E-state index contributed by atoms with van der Waals surface area (Å²) in [6.45, 7) is 13.6. The van der Waals surface area contributed by atoms with E-state index in [2.05, 4.69) is 101 Å². The molecule has 0 aliphatic heterocycles. The summed E-state index contributed by atoms with van der Waals surface area (Å²) >= 11 is 0. The minimum atomic E-state index is -2.69. The van der Waals surface area contributed by atoms with Crippen molar-refractivity contribution in [3.63, 3.8) is 0 Å². The van der Waals surface area contributed by atoms with Crippen molar-refractivity contribution in [1.82, 2.24) is 0 Å². The van der Waals surface area contributed by atoms with Crippen molar-refractivity contribution < 1.29 is 23.2 Å². The van der Waals surface area contributed by atoms with Crippen molar-refractivity contribution in [2.75, 3.05) is 14.2 Å². The third-order valence-electron chi connectivity index (χ3n) is 7.84. The maximum Gasteiger partial charge on any atom is 0.323 e. The maximum absolute atomic E-state index is 12.8. The van der Waals surface area contributed by atoms with Gasteiger partial charge in [0.15, 0.2) is 13.7 Å². The lowest BCUT2D eigenvalue weighted by Crippen LogP contribution is -2.70. The van der Waals surface area contributed by atoms with Gasteiger partial charge in [0.05, 0.1) is 14.2 Å². The molecule has 1 aliphatic carbocycles. The molecule has 0 unspecified atom stereocenters. The molecule has 2 aromatic carbocycles. The van der Waals surface area contributed by atoms with Crippen molar-refractivity contribution in [3.8, 4) is 0 Å². The molecule has 2 atom stereocenters. The van der Waals surface area contributed by atoms with Crippen molar-refractivity contribution >= 4 is 38.9 Å². The molecule has 0 radical (unpaired) electrons. The number of hydrogen-bond acceptors (Lipinski definition) is 5. The second kappa shape index (κ2) is 10.6. The molecule has 0 bridgehead atoms. The van der Waals surface area contributed by atoms with Crippen LogP contribution in [0.15, 0.2) is 60.7 Å². The molecule has 3 rings (SSSR count). The molecule has 2 aromatic rings. The Bertz CT molecular complexity index is 991. The van der Waals surface area contributed by atoms with Crippen LogP contribution in [0.2, 0.25) is 24.2 Å². The van der Waals surface area contributed by atoms with Gasteiger partial charge in [-0.15, -0.1) is 0 Å². The lowest BCUT2D eigenvalue weighted by atomic mass is 9.85. The minimum absolute atomic E-state index is 0.108. The fourth-order valence-electron chi connectivity index (χ4n) is 6.27. The normalized spacial score (nSPS) is 20.1. The fourth-order valence-corrected chi connectivity index (χ4v) is 17.3. The average molecular weight is 527 g/mol. The highest BCUT2D eigenvalue weighted by atomic mass is 28.4. The maximum atomic E-state index is 12.8. The highest BCUT2D eigenvalue weighted by Crippen LogP contribution is 2.51. The van der Waals surface area contributed by atoms with Crippen LogP contribution in [0.25, 0.3) is 0 Å². The summed E-state index contributed by atoms with van der Waals surface area (Å²) in [5.41, 5.74) is -1.23. The van der Waals surface area contributed by atoms with E-state index in [1.165, 1.54) is 24.6 Å². The summed E-state index contributed by atoms with van der Waals surface area (Å²) in [5.74, 6) is -0.632. The number of carbonyl (C=O) groups excluding carboxylic acids is 2. The summed E-state index contributed by atoms with van der Waals surface area (Å²) in [6.07, 6.45) is 0.884. The Hall–Kier alpha value is -2.23. The predicted octanol–water partition coefficient (Wildman–Crippen LogP) is 5.15. The van der Waals surface area contributed by atoms with Gasteiger partial charge in [0.25, 0.3) is 8.32 Å². The first-order chi connectivity index (χ1) is 16.8. The van der Waals surface area contributed by atoms with Gasteiger partial charge in [0.2, 0.25) is 0 Å². The predicted molar refractivity (Wildman–Crippen MR) is 149 cm³/mol. The van der Waals surface area contributed by atoms with Gasteiger partial charge >= 0.3 is 11.9 Å². The van der Waals surface area contributed by atoms with Gasteiger partial charge in [0, 0.05) is 0 Å². The zero-order chi connectivity index (χ0) is 26.8. The molecule has 196 valence electrons. The molecule has 36 heavy (non-hydrogen) atoms. The highest BCUT2D eigenvalue weighted by molar-refractivity contribution is 7.04. The second-order valence-electron chi connectivity index (χ2n) is 11.9. The number of esters is 2. The Balaban J connectivity index is 2.02. The van der Waals surface area contributed by atoms with Crippen LogP contribution in [-0.4, -0.2) is 42.8 Å². The van der Waals surface area contributed by atoms with E-state index >= 15 is 0 Å². The third-order valence-corrected chi connectivity index (χ3v) is 17.2. The average Bonchev–Trinajstić information content (AvgIpc) is 3.18. The first-order valence-electron chi connectivity index (χ1n) is 12.8. The number of rotatable bonds is 8. The Morgan fingerprint density at radius 2 is 1.31 bits per heavy atom. The minimum Gasteiger partial charge on any atom is -0.468 e. The number of ether oxygens (including phenoxy) is 2. The first kappa shape index (κ1) is 28.3. The van der Waals surface area contributed by atoms with E-state index in [1.807, 2.05) is 0 Å². The zero-order valence-corrected chi connectivity index (χ0v) is 25.1. The number of benzene rings is 2. The molecule has 1 fully saturated rings. The molecular formula is C29H42O5Si2. The smallest absolute Gasteiger partial charge is 0.323 e. The van der Waals surface area contributed by atoms with Crippen LogP contribution in [0, 0.1) is 17.3 Å². The van der Waals surface area contributed by atoms with E-state index in [0.29, 0.717) is 12.8 Å². The van der Waals surface area contributed by atoms with Crippen LogP contribution in [0.4, 0.5) is 0 Å². The van der Waals surface area contributed by atoms with Gasteiger partial charge < -0.3 is 13.6 Å². The van der Waals surface area contributed by atoms with E-state index < -0.39 is 34.0 Å². The SMILES string of the molecule is COC(=O)C1(C(=O)OC)C[C@H](C[Si](C)(C)O[Si](c2ccccc2)(c2ccccc2)C(C)(C)C)[C@@H](C)C1. The van der Waals surface area contributed by atoms with Crippen LogP contribution < -0.4 is 10.4 Å². The van der Waals surface area contributed by atoms with E-state index in [-0.39, 0.29) is 16.9 Å². The van der Waals surface area contributed by atoms with Crippen LogP contribution in [0.3, 0.4) is 0 Å².